The van der Waals surface area contributed by atoms with Gasteiger partial charge in [0, 0.05) is 48.4 Å². The average molecular weight is 669 g/mol. The minimum Gasteiger partial charge on any atom is -0.455 e. The zero-order chi connectivity index (χ0) is 33.5. The van der Waals surface area contributed by atoms with Crippen LogP contribution in [0.1, 0.15) is 0 Å². The number of rotatable bonds is 4. The lowest BCUT2D eigenvalue weighted by atomic mass is 10.00. The molecule has 0 radical (unpaired) electrons. The molecule has 0 saturated heterocycles. The molecule has 0 saturated carbocycles. The van der Waals surface area contributed by atoms with Crippen LogP contribution in [0.15, 0.2) is 174 Å². The van der Waals surface area contributed by atoms with Crippen LogP contribution >= 0.6 is 11.3 Å². The maximum absolute atomic E-state index is 6.80. The SMILES string of the molecule is c1ccc(-c2cc(-c3ccccc3)nc(-c3ccc(-n4c5ccccc5c5c6oc7ccccc7c6c6c7ccccc7sc6c54)cc3)c2)cc1. The Kier molecular flexibility index (Phi) is 6.12. The molecule has 3 nitrogen and oxygen atoms in total. The van der Waals surface area contributed by atoms with Crippen LogP contribution in [0.5, 0.6) is 0 Å². The van der Waals surface area contributed by atoms with E-state index in [9.17, 15) is 0 Å². The average Bonchev–Trinajstić information content (AvgIpc) is 3.88. The lowest BCUT2D eigenvalue weighted by Gasteiger charge is -2.12. The van der Waals surface area contributed by atoms with Crippen molar-refractivity contribution in [3.8, 4) is 39.3 Å². The molecule has 0 fully saturated rings. The molecule has 0 aliphatic heterocycles. The Bertz CT molecular complexity index is 3060. The lowest BCUT2D eigenvalue weighted by molar-refractivity contribution is 0.673. The first-order chi connectivity index (χ1) is 25.3. The molecule has 4 heteroatoms. The van der Waals surface area contributed by atoms with Gasteiger partial charge in [-0.05, 0) is 53.6 Å². The third-order valence-corrected chi connectivity index (χ3v) is 11.4. The Hall–Kier alpha value is -6.49. The van der Waals surface area contributed by atoms with Crippen molar-refractivity contribution in [1.29, 1.82) is 0 Å². The monoisotopic (exact) mass is 668 g/mol. The molecule has 11 rings (SSSR count). The maximum atomic E-state index is 6.80. The molecule has 51 heavy (non-hydrogen) atoms. The first kappa shape index (κ1) is 28.4. The van der Waals surface area contributed by atoms with Gasteiger partial charge in [0.1, 0.15) is 11.2 Å². The Labute approximate surface area is 297 Å². The van der Waals surface area contributed by atoms with Gasteiger partial charge < -0.3 is 8.98 Å². The quantitative estimate of drug-likeness (QED) is 0.187. The molecule has 0 N–H and O–H groups in total. The molecule has 4 aromatic heterocycles. The molecule has 0 bridgehead atoms. The highest BCUT2D eigenvalue weighted by molar-refractivity contribution is 7.27. The number of nitrogens with zero attached hydrogens (tertiary/aromatic N) is 2. The fourth-order valence-corrected chi connectivity index (χ4v) is 9.15. The van der Waals surface area contributed by atoms with Gasteiger partial charge in [-0.15, -0.1) is 11.3 Å². The number of aromatic nitrogens is 2. The molecule has 7 aromatic carbocycles. The van der Waals surface area contributed by atoms with Crippen LogP contribution in [0.25, 0.3) is 103 Å². The summed E-state index contributed by atoms with van der Waals surface area (Å²) >= 11 is 1.87. The molecule has 4 heterocycles. The predicted octanol–water partition coefficient (Wildman–Crippen LogP) is 13.4. The molecule has 0 aliphatic rings. The molecule has 0 unspecified atom stereocenters. The van der Waals surface area contributed by atoms with Gasteiger partial charge >= 0.3 is 0 Å². The van der Waals surface area contributed by atoms with Gasteiger partial charge in [-0.25, -0.2) is 4.98 Å². The summed E-state index contributed by atoms with van der Waals surface area (Å²) in [4.78, 5) is 5.19. The van der Waals surface area contributed by atoms with E-state index in [1.165, 1.54) is 42.0 Å². The Morgan fingerprint density at radius 3 is 1.84 bits per heavy atom. The van der Waals surface area contributed by atoms with E-state index in [-0.39, 0.29) is 0 Å². The molecule has 238 valence electrons. The molecular weight excluding hydrogens is 641 g/mol. The molecule has 0 spiro atoms. The maximum Gasteiger partial charge on any atom is 0.146 e. The van der Waals surface area contributed by atoms with Crippen LogP contribution in [-0.4, -0.2) is 9.55 Å². The smallest absolute Gasteiger partial charge is 0.146 e. The van der Waals surface area contributed by atoms with E-state index in [0.717, 1.165) is 61.2 Å². The van der Waals surface area contributed by atoms with Gasteiger partial charge in [0.2, 0.25) is 0 Å². The zero-order valence-electron chi connectivity index (χ0n) is 27.4. The van der Waals surface area contributed by atoms with Crippen LogP contribution in [0.3, 0.4) is 0 Å². The third kappa shape index (κ3) is 4.27. The van der Waals surface area contributed by atoms with Crippen molar-refractivity contribution < 1.29 is 4.42 Å². The number of furan rings is 1. The zero-order valence-corrected chi connectivity index (χ0v) is 28.2. The van der Waals surface area contributed by atoms with Gasteiger partial charge in [-0.3, -0.25) is 0 Å². The van der Waals surface area contributed by atoms with Crippen molar-refractivity contribution in [2.45, 2.75) is 0 Å². The summed E-state index contributed by atoms with van der Waals surface area (Å²) in [6.45, 7) is 0. The van der Waals surface area contributed by atoms with Crippen LogP contribution in [0.4, 0.5) is 0 Å². The second-order valence-electron chi connectivity index (χ2n) is 13.1. The number of thiophene rings is 1. The second-order valence-corrected chi connectivity index (χ2v) is 14.1. The normalized spacial score (nSPS) is 11.9. The summed E-state index contributed by atoms with van der Waals surface area (Å²) in [5.41, 5.74) is 11.7. The molecular formula is C47H28N2OS. The van der Waals surface area contributed by atoms with Crippen LogP contribution in [-0.2, 0) is 0 Å². The molecule has 0 aliphatic carbocycles. The van der Waals surface area contributed by atoms with Crippen molar-refractivity contribution >= 4 is 75.3 Å². The van der Waals surface area contributed by atoms with Crippen molar-refractivity contribution in [3.05, 3.63) is 170 Å². The fourth-order valence-electron chi connectivity index (χ4n) is 7.90. The van der Waals surface area contributed by atoms with Crippen molar-refractivity contribution in [1.82, 2.24) is 9.55 Å². The summed E-state index contributed by atoms with van der Waals surface area (Å²) in [6.07, 6.45) is 0. The summed E-state index contributed by atoms with van der Waals surface area (Å²) in [6, 6.07) is 60.2. The summed E-state index contributed by atoms with van der Waals surface area (Å²) in [5, 5.41) is 7.22. The highest BCUT2D eigenvalue weighted by Crippen LogP contribution is 2.50. The Morgan fingerprint density at radius 2 is 1.08 bits per heavy atom. The first-order valence-corrected chi connectivity index (χ1v) is 18.0. The van der Waals surface area contributed by atoms with Gasteiger partial charge in [0.25, 0.3) is 0 Å². The van der Waals surface area contributed by atoms with Crippen LogP contribution in [0, 0.1) is 0 Å². The Morgan fingerprint density at radius 1 is 0.471 bits per heavy atom. The number of hydrogen-bond acceptors (Lipinski definition) is 3. The fraction of sp³-hybridized carbons (Fsp3) is 0. The summed E-state index contributed by atoms with van der Waals surface area (Å²) in [7, 11) is 0. The number of fused-ring (bicyclic) bond motifs is 12. The van der Waals surface area contributed by atoms with Crippen molar-refractivity contribution in [3.63, 3.8) is 0 Å². The summed E-state index contributed by atoms with van der Waals surface area (Å²) in [5.74, 6) is 0. The Balaban J connectivity index is 1.17. The molecule has 11 aromatic rings. The highest BCUT2D eigenvalue weighted by Gasteiger charge is 2.25. The largest absolute Gasteiger partial charge is 0.455 e. The van der Waals surface area contributed by atoms with Crippen LogP contribution in [0.2, 0.25) is 0 Å². The van der Waals surface area contributed by atoms with E-state index in [0.29, 0.717) is 0 Å². The highest BCUT2D eigenvalue weighted by atomic mass is 32.1. The number of para-hydroxylation sites is 2. The van der Waals surface area contributed by atoms with Gasteiger partial charge in [0.15, 0.2) is 0 Å². The molecule has 0 atom stereocenters. The third-order valence-electron chi connectivity index (χ3n) is 10.2. The van der Waals surface area contributed by atoms with E-state index in [1.807, 2.05) is 17.4 Å². The van der Waals surface area contributed by atoms with E-state index in [4.69, 9.17) is 9.40 Å². The van der Waals surface area contributed by atoms with Gasteiger partial charge in [-0.2, -0.15) is 0 Å². The van der Waals surface area contributed by atoms with Crippen LogP contribution < -0.4 is 0 Å². The van der Waals surface area contributed by atoms with Crippen molar-refractivity contribution in [2.75, 3.05) is 0 Å². The predicted molar refractivity (Wildman–Crippen MR) is 215 cm³/mol. The van der Waals surface area contributed by atoms with E-state index in [1.54, 1.807) is 0 Å². The van der Waals surface area contributed by atoms with E-state index in [2.05, 4.69) is 168 Å². The van der Waals surface area contributed by atoms with E-state index >= 15 is 0 Å². The standard InChI is InChI=1S/C47H28N2OS/c1-3-13-29(14-4-1)32-27-37(30-15-5-2-6-16-30)48-38(28-32)31-23-25-33(26-24-31)49-39-20-10-7-17-34(39)44-45(49)47-43(36-19-9-12-22-41(36)51-47)42-35-18-8-11-21-40(35)50-46(42)44/h1-28H. The number of hydrogen-bond donors (Lipinski definition) is 0. The number of pyridine rings is 1. The topological polar surface area (TPSA) is 31.0 Å². The van der Waals surface area contributed by atoms with Crippen molar-refractivity contribution in [2.24, 2.45) is 0 Å². The first-order valence-electron chi connectivity index (χ1n) is 17.2. The minimum atomic E-state index is 0.915. The number of benzene rings is 7. The second kappa shape index (κ2) is 11.0. The summed E-state index contributed by atoms with van der Waals surface area (Å²) < 4.78 is 11.8. The van der Waals surface area contributed by atoms with Gasteiger partial charge in [-0.1, -0.05) is 127 Å². The molecule has 0 amide bonds. The lowest BCUT2D eigenvalue weighted by Crippen LogP contribution is -1.95. The van der Waals surface area contributed by atoms with E-state index < -0.39 is 0 Å². The minimum absolute atomic E-state index is 0.915. The van der Waals surface area contributed by atoms with Gasteiger partial charge in [0.05, 0.1) is 32.5 Å².